The van der Waals surface area contributed by atoms with Crippen LogP contribution in [0.25, 0.3) is 21.5 Å². The Morgan fingerprint density at radius 1 is 0.467 bits per heavy atom. The summed E-state index contributed by atoms with van der Waals surface area (Å²) in [5, 5.41) is 4.71. The molecule has 0 amide bonds. The lowest BCUT2D eigenvalue weighted by Gasteiger charge is -2.15. The molecule has 0 saturated heterocycles. The number of anilines is 2. The van der Waals surface area contributed by atoms with Crippen molar-refractivity contribution in [3.63, 3.8) is 0 Å². The van der Waals surface area contributed by atoms with Crippen molar-refractivity contribution in [3.8, 4) is 23.7 Å². The van der Waals surface area contributed by atoms with E-state index in [0.29, 0.717) is 0 Å². The third-order valence-electron chi connectivity index (χ3n) is 5.22. The molecule has 0 saturated carbocycles. The maximum atomic E-state index is 3.25. The van der Waals surface area contributed by atoms with Crippen LogP contribution >= 0.6 is 0 Å². The van der Waals surface area contributed by atoms with Crippen LogP contribution in [0.3, 0.4) is 0 Å². The van der Waals surface area contributed by atoms with Crippen molar-refractivity contribution >= 4 is 32.9 Å². The second kappa shape index (κ2) is 8.24. The molecule has 0 radical (unpaired) electrons. The minimum atomic E-state index is 0.998. The van der Waals surface area contributed by atoms with E-state index in [1.165, 1.54) is 22.1 Å². The van der Waals surface area contributed by atoms with Crippen LogP contribution in [0.5, 0.6) is 0 Å². The molecule has 146 valence electrons. The Kier molecular flexibility index (Phi) is 5.34. The fourth-order valence-electron chi connectivity index (χ4n) is 3.78. The lowest BCUT2D eigenvalue weighted by Crippen LogP contribution is -2.08. The number of rotatable bonds is 2. The molecule has 0 bridgehead atoms. The summed E-state index contributed by atoms with van der Waals surface area (Å²) in [7, 11) is 8.24. The number of benzene rings is 4. The first-order valence-electron chi connectivity index (χ1n) is 9.96. The number of fused-ring (bicyclic) bond motifs is 2. The van der Waals surface area contributed by atoms with Gasteiger partial charge in [0.2, 0.25) is 0 Å². The highest BCUT2D eigenvalue weighted by atomic mass is 15.1. The van der Waals surface area contributed by atoms with Gasteiger partial charge in [0.1, 0.15) is 0 Å². The number of hydrogen-bond donors (Lipinski definition) is 0. The Labute approximate surface area is 178 Å². The second-order valence-corrected chi connectivity index (χ2v) is 7.64. The summed E-state index contributed by atoms with van der Waals surface area (Å²) in [6.07, 6.45) is 0. The van der Waals surface area contributed by atoms with E-state index in [4.69, 9.17) is 0 Å². The summed E-state index contributed by atoms with van der Waals surface area (Å²) < 4.78 is 0. The molecule has 0 aliphatic carbocycles. The van der Waals surface area contributed by atoms with E-state index in [1.54, 1.807) is 0 Å². The normalized spacial score (nSPS) is 10.1. The molecule has 0 fully saturated rings. The number of nitrogens with zero attached hydrogens (tertiary/aromatic N) is 2. The molecule has 4 aromatic rings. The van der Waals surface area contributed by atoms with Crippen LogP contribution in [-0.4, -0.2) is 28.2 Å². The molecular formula is C28H24N2. The summed E-state index contributed by atoms with van der Waals surface area (Å²) in [5.41, 5.74) is 4.38. The zero-order chi connectivity index (χ0) is 21.1. The Balaban J connectivity index is 1.73. The van der Waals surface area contributed by atoms with Crippen molar-refractivity contribution in [2.24, 2.45) is 0 Å². The Morgan fingerprint density at radius 2 is 0.833 bits per heavy atom. The van der Waals surface area contributed by atoms with E-state index < -0.39 is 0 Å². The molecule has 0 N–H and O–H groups in total. The molecule has 2 heteroatoms. The quantitative estimate of drug-likeness (QED) is 0.417. The summed E-state index contributed by atoms with van der Waals surface area (Å²) >= 11 is 0. The van der Waals surface area contributed by atoms with Crippen LogP contribution in [0.15, 0.2) is 72.8 Å². The van der Waals surface area contributed by atoms with E-state index in [1.807, 2.05) is 0 Å². The molecule has 2 nitrogen and oxygen atoms in total. The van der Waals surface area contributed by atoms with Crippen LogP contribution in [0.2, 0.25) is 0 Å². The van der Waals surface area contributed by atoms with Gasteiger partial charge < -0.3 is 9.80 Å². The van der Waals surface area contributed by atoms with Crippen molar-refractivity contribution in [3.05, 3.63) is 83.9 Å². The van der Waals surface area contributed by atoms with Gasteiger partial charge in [-0.3, -0.25) is 0 Å². The molecule has 4 aromatic carbocycles. The van der Waals surface area contributed by atoms with Gasteiger partial charge in [0.05, 0.1) is 0 Å². The highest BCUT2D eigenvalue weighted by Crippen LogP contribution is 2.28. The molecule has 0 unspecified atom stereocenters. The Bertz CT molecular complexity index is 1250. The number of hydrogen-bond acceptors (Lipinski definition) is 2. The van der Waals surface area contributed by atoms with E-state index in [0.717, 1.165) is 21.9 Å². The maximum Gasteiger partial charge on any atom is 0.0441 e. The molecule has 0 aliphatic heterocycles. The second-order valence-electron chi connectivity index (χ2n) is 7.64. The van der Waals surface area contributed by atoms with Crippen LogP contribution in [0, 0.1) is 23.7 Å². The van der Waals surface area contributed by atoms with Crippen molar-refractivity contribution in [2.75, 3.05) is 38.0 Å². The summed E-state index contributed by atoms with van der Waals surface area (Å²) in [5.74, 6) is 12.6. The van der Waals surface area contributed by atoms with Gasteiger partial charge in [-0.25, -0.2) is 0 Å². The van der Waals surface area contributed by atoms with Gasteiger partial charge in [0, 0.05) is 61.5 Å². The van der Waals surface area contributed by atoms with Crippen LogP contribution < -0.4 is 9.80 Å². The zero-order valence-electron chi connectivity index (χ0n) is 17.8. The van der Waals surface area contributed by atoms with E-state index >= 15 is 0 Å². The van der Waals surface area contributed by atoms with Crippen LogP contribution in [-0.2, 0) is 0 Å². The first kappa shape index (κ1) is 19.4. The highest BCUT2D eigenvalue weighted by Gasteiger charge is 2.05. The largest absolute Gasteiger partial charge is 0.377 e. The van der Waals surface area contributed by atoms with Gasteiger partial charge in [-0.05, 0) is 46.9 Å². The highest BCUT2D eigenvalue weighted by molar-refractivity contribution is 5.98. The van der Waals surface area contributed by atoms with Crippen molar-refractivity contribution < 1.29 is 0 Å². The Hall–Kier alpha value is -3.88. The SMILES string of the molecule is CN(C)c1cccc2c(C#CC#Cc3cccc4c(N(C)C)cccc34)cccc12. The standard InChI is InChI=1S/C28H24N2/c1-29(2)27-19-9-15-23-21(13-7-17-25(23)27)11-5-6-12-22-14-8-18-26-24(22)16-10-20-28(26)30(3)4/h7-10,13-20H,1-4H3. The molecule has 0 atom stereocenters. The fourth-order valence-corrected chi connectivity index (χ4v) is 3.78. The maximum absolute atomic E-state index is 3.25. The topological polar surface area (TPSA) is 6.48 Å². The molecule has 4 rings (SSSR count). The van der Waals surface area contributed by atoms with Gasteiger partial charge in [-0.15, -0.1) is 0 Å². The average molecular weight is 389 g/mol. The summed E-state index contributed by atoms with van der Waals surface area (Å²) in [4.78, 5) is 4.25. The molecular weight excluding hydrogens is 364 g/mol. The predicted molar refractivity (Wildman–Crippen MR) is 130 cm³/mol. The lowest BCUT2D eigenvalue weighted by atomic mass is 10.0. The predicted octanol–water partition coefficient (Wildman–Crippen LogP) is 5.53. The van der Waals surface area contributed by atoms with Gasteiger partial charge >= 0.3 is 0 Å². The monoisotopic (exact) mass is 388 g/mol. The Morgan fingerprint density at radius 3 is 1.23 bits per heavy atom. The van der Waals surface area contributed by atoms with E-state index in [2.05, 4.69) is 134 Å². The van der Waals surface area contributed by atoms with Crippen LogP contribution in [0.4, 0.5) is 11.4 Å². The molecule has 30 heavy (non-hydrogen) atoms. The first-order chi connectivity index (χ1) is 14.6. The summed E-state index contributed by atoms with van der Waals surface area (Å²) in [6, 6.07) is 25.1. The van der Waals surface area contributed by atoms with Gasteiger partial charge in [-0.2, -0.15) is 0 Å². The van der Waals surface area contributed by atoms with Gasteiger partial charge in [0.15, 0.2) is 0 Å². The molecule has 0 aliphatic rings. The third kappa shape index (κ3) is 3.69. The fraction of sp³-hybridized carbons (Fsp3) is 0.143. The minimum Gasteiger partial charge on any atom is -0.377 e. The van der Waals surface area contributed by atoms with Gasteiger partial charge in [-0.1, -0.05) is 60.4 Å². The lowest BCUT2D eigenvalue weighted by molar-refractivity contribution is 1.14. The molecule has 0 heterocycles. The van der Waals surface area contributed by atoms with Crippen molar-refractivity contribution in [2.45, 2.75) is 0 Å². The zero-order valence-corrected chi connectivity index (χ0v) is 17.8. The average Bonchev–Trinajstić information content (AvgIpc) is 2.75. The third-order valence-corrected chi connectivity index (χ3v) is 5.22. The van der Waals surface area contributed by atoms with Gasteiger partial charge in [0.25, 0.3) is 0 Å². The smallest absolute Gasteiger partial charge is 0.0441 e. The minimum absolute atomic E-state index is 0.998. The van der Waals surface area contributed by atoms with Crippen molar-refractivity contribution in [1.82, 2.24) is 0 Å². The first-order valence-corrected chi connectivity index (χ1v) is 9.96. The van der Waals surface area contributed by atoms with Crippen LogP contribution in [0.1, 0.15) is 11.1 Å². The van der Waals surface area contributed by atoms with Crippen molar-refractivity contribution in [1.29, 1.82) is 0 Å². The molecule has 0 aromatic heterocycles. The van der Waals surface area contributed by atoms with E-state index in [-0.39, 0.29) is 0 Å². The van der Waals surface area contributed by atoms with E-state index in [9.17, 15) is 0 Å². The molecule has 0 spiro atoms. The summed E-state index contributed by atoms with van der Waals surface area (Å²) in [6.45, 7) is 0.